The maximum Gasteiger partial charge on any atom is 0.155 e. The van der Waals surface area contributed by atoms with Crippen molar-refractivity contribution < 1.29 is 9.59 Å². The highest BCUT2D eigenvalue weighted by molar-refractivity contribution is 5.90. The predicted molar refractivity (Wildman–Crippen MR) is 72.2 cm³/mol. The van der Waals surface area contributed by atoms with E-state index in [4.69, 9.17) is 0 Å². The molecule has 4 unspecified atom stereocenters. The van der Waals surface area contributed by atoms with Gasteiger partial charge in [-0.3, -0.25) is 4.79 Å². The first kappa shape index (κ1) is 13.5. The first-order valence-corrected chi connectivity index (χ1v) is 7.14. The molecular weight excluding hydrogens is 224 g/mol. The molecule has 0 saturated heterocycles. The molecule has 0 aliphatic heterocycles. The summed E-state index contributed by atoms with van der Waals surface area (Å²) in [5.41, 5.74) is 0.312. The van der Waals surface area contributed by atoms with Crippen molar-refractivity contribution in [1.29, 1.82) is 0 Å². The second-order valence-corrected chi connectivity index (χ2v) is 6.51. The summed E-state index contributed by atoms with van der Waals surface area (Å²) in [6.45, 7) is 6.33. The standard InChI is InChI=1S/C16H24O2/c1-11-10-16(3,15(11)9-4-12(2)17)13-5-7-14(18)8-6-13/h5,7,11,13,15H,4,6,8-10H2,1-3H3. The molecule has 0 amide bonds. The van der Waals surface area contributed by atoms with Crippen LogP contribution in [0.25, 0.3) is 0 Å². The van der Waals surface area contributed by atoms with Gasteiger partial charge in [-0.1, -0.05) is 19.9 Å². The van der Waals surface area contributed by atoms with Crippen molar-refractivity contribution in [3.8, 4) is 0 Å². The van der Waals surface area contributed by atoms with E-state index >= 15 is 0 Å². The van der Waals surface area contributed by atoms with Gasteiger partial charge in [-0.15, -0.1) is 0 Å². The van der Waals surface area contributed by atoms with E-state index in [0.717, 1.165) is 18.8 Å². The number of carbonyl (C=O) groups is 2. The van der Waals surface area contributed by atoms with Crippen LogP contribution in [0.15, 0.2) is 12.2 Å². The van der Waals surface area contributed by atoms with Crippen molar-refractivity contribution in [2.24, 2.45) is 23.2 Å². The second-order valence-electron chi connectivity index (χ2n) is 6.51. The molecule has 2 nitrogen and oxygen atoms in total. The number of hydrogen-bond donors (Lipinski definition) is 0. The molecule has 4 atom stereocenters. The summed E-state index contributed by atoms with van der Waals surface area (Å²) < 4.78 is 0. The largest absolute Gasteiger partial charge is 0.300 e. The summed E-state index contributed by atoms with van der Waals surface area (Å²) in [5.74, 6) is 2.46. The van der Waals surface area contributed by atoms with Crippen LogP contribution in [-0.2, 0) is 9.59 Å². The minimum atomic E-state index is 0.266. The maximum absolute atomic E-state index is 11.3. The summed E-state index contributed by atoms with van der Waals surface area (Å²) >= 11 is 0. The van der Waals surface area contributed by atoms with Crippen LogP contribution in [0.4, 0.5) is 0 Å². The highest BCUT2D eigenvalue weighted by atomic mass is 16.1. The third-order valence-corrected chi connectivity index (χ3v) is 5.17. The molecule has 0 aromatic heterocycles. The van der Waals surface area contributed by atoms with Gasteiger partial charge in [0.2, 0.25) is 0 Å². The van der Waals surface area contributed by atoms with Gasteiger partial charge in [-0.2, -0.15) is 0 Å². The summed E-state index contributed by atoms with van der Waals surface area (Å²) in [5, 5.41) is 0. The summed E-state index contributed by atoms with van der Waals surface area (Å²) in [6, 6.07) is 0. The molecule has 0 heterocycles. The van der Waals surface area contributed by atoms with Crippen LogP contribution in [0.5, 0.6) is 0 Å². The smallest absolute Gasteiger partial charge is 0.155 e. The monoisotopic (exact) mass is 248 g/mol. The molecule has 2 aliphatic carbocycles. The van der Waals surface area contributed by atoms with Crippen LogP contribution < -0.4 is 0 Å². The zero-order valence-electron chi connectivity index (χ0n) is 11.7. The number of hydrogen-bond acceptors (Lipinski definition) is 2. The van der Waals surface area contributed by atoms with Crippen molar-refractivity contribution in [2.75, 3.05) is 0 Å². The fraction of sp³-hybridized carbons (Fsp3) is 0.750. The minimum absolute atomic E-state index is 0.266. The van der Waals surface area contributed by atoms with E-state index in [1.165, 1.54) is 6.42 Å². The van der Waals surface area contributed by atoms with Gasteiger partial charge >= 0.3 is 0 Å². The summed E-state index contributed by atoms with van der Waals surface area (Å²) in [7, 11) is 0. The van der Waals surface area contributed by atoms with Crippen molar-refractivity contribution in [3.05, 3.63) is 12.2 Å². The maximum atomic E-state index is 11.3. The van der Waals surface area contributed by atoms with Crippen LogP contribution in [-0.4, -0.2) is 11.6 Å². The molecule has 0 N–H and O–H groups in total. The molecule has 2 rings (SSSR count). The minimum Gasteiger partial charge on any atom is -0.300 e. The molecule has 2 heteroatoms. The lowest BCUT2D eigenvalue weighted by atomic mass is 9.48. The first-order chi connectivity index (χ1) is 8.43. The Morgan fingerprint density at radius 2 is 2.22 bits per heavy atom. The van der Waals surface area contributed by atoms with Gasteiger partial charge < -0.3 is 4.79 Å². The molecule has 0 spiro atoms. The number of allylic oxidation sites excluding steroid dienone is 2. The van der Waals surface area contributed by atoms with Gasteiger partial charge in [0.1, 0.15) is 5.78 Å². The van der Waals surface area contributed by atoms with Crippen molar-refractivity contribution in [3.63, 3.8) is 0 Å². The van der Waals surface area contributed by atoms with Crippen LogP contribution in [0.1, 0.15) is 52.9 Å². The van der Waals surface area contributed by atoms with E-state index in [1.54, 1.807) is 13.0 Å². The van der Waals surface area contributed by atoms with Gasteiger partial charge in [0.15, 0.2) is 5.78 Å². The van der Waals surface area contributed by atoms with Gasteiger partial charge in [0.05, 0.1) is 0 Å². The average Bonchev–Trinajstić information content (AvgIpc) is 2.28. The molecule has 1 fully saturated rings. The lowest BCUT2D eigenvalue weighted by Gasteiger charge is -2.57. The van der Waals surface area contributed by atoms with Crippen molar-refractivity contribution in [1.82, 2.24) is 0 Å². The van der Waals surface area contributed by atoms with Crippen molar-refractivity contribution >= 4 is 11.6 Å². The number of rotatable bonds is 4. The Bertz CT molecular complexity index is 383. The fourth-order valence-electron chi connectivity index (χ4n) is 4.13. The van der Waals surface area contributed by atoms with Gasteiger partial charge in [-0.05, 0) is 55.4 Å². The lowest BCUT2D eigenvalue weighted by molar-refractivity contribution is -0.119. The fourth-order valence-corrected chi connectivity index (χ4v) is 4.13. The SMILES string of the molecule is CC(=O)CCC1C(C)CC1(C)C1C=CC(=O)CC1. The van der Waals surface area contributed by atoms with Gasteiger partial charge in [-0.25, -0.2) is 0 Å². The molecule has 18 heavy (non-hydrogen) atoms. The van der Waals surface area contributed by atoms with Crippen LogP contribution in [0.2, 0.25) is 0 Å². The van der Waals surface area contributed by atoms with E-state index in [9.17, 15) is 9.59 Å². The highest BCUT2D eigenvalue weighted by Gasteiger charge is 2.51. The first-order valence-electron chi connectivity index (χ1n) is 7.14. The molecule has 0 aromatic rings. The topological polar surface area (TPSA) is 34.1 Å². The molecule has 1 saturated carbocycles. The quantitative estimate of drug-likeness (QED) is 0.762. The number of Topliss-reactive ketones (excluding diaryl/α,β-unsaturated/α-hetero) is 1. The lowest BCUT2D eigenvalue weighted by Crippen LogP contribution is -2.49. The molecule has 0 bridgehead atoms. The molecular formula is C16H24O2. The highest BCUT2D eigenvalue weighted by Crippen LogP contribution is 2.59. The Balaban J connectivity index is 2.03. The summed E-state index contributed by atoms with van der Waals surface area (Å²) in [4.78, 5) is 22.4. The van der Waals surface area contributed by atoms with E-state index < -0.39 is 0 Å². The molecule has 100 valence electrons. The van der Waals surface area contributed by atoms with E-state index in [0.29, 0.717) is 35.9 Å². The van der Waals surface area contributed by atoms with Crippen LogP contribution >= 0.6 is 0 Å². The Hall–Kier alpha value is -0.920. The zero-order valence-corrected chi connectivity index (χ0v) is 11.7. The van der Waals surface area contributed by atoms with Gasteiger partial charge in [0.25, 0.3) is 0 Å². The van der Waals surface area contributed by atoms with Crippen LogP contribution in [0.3, 0.4) is 0 Å². The third-order valence-electron chi connectivity index (χ3n) is 5.17. The Kier molecular flexibility index (Phi) is 3.74. The van der Waals surface area contributed by atoms with E-state index in [1.807, 2.05) is 0 Å². The van der Waals surface area contributed by atoms with E-state index in [2.05, 4.69) is 19.9 Å². The normalized spacial score (nSPS) is 39.5. The number of carbonyl (C=O) groups excluding carboxylic acids is 2. The molecule has 0 aromatic carbocycles. The Morgan fingerprint density at radius 3 is 2.72 bits per heavy atom. The summed E-state index contributed by atoms with van der Waals surface area (Å²) in [6.07, 6.45) is 8.55. The Morgan fingerprint density at radius 1 is 1.50 bits per heavy atom. The Labute approximate surface area is 110 Å². The zero-order chi connectivity index (χ0) is 13.3. The second kappa shape index (κ2) is 4.99. The third kappa shape index (κ3) is 2.43. The van der Waals surface area contributed by atoms with E-state index in [-0.39, 0.29) is 5.78 Å². The van der Waals surface area contributed by atoms with Crippen molar-refractivity contribution in [2.45, 2.75) is 52.9 Å². The molecule has 0 radical (unpaired) electrons. The van der Waals surface area contributed by atoms with Gasteiger partial charge in [0, 0.05) is 12.8 Å². The van der Waals surface area contributed by atoms with Crippen LogP contribution in [0, 0.1) is 23.2 Å². The average molecular weight is 248 g/mol. The molecule has 2 aliphatic rings. The number of ketones is 2. The predicted octanol–water partition coefficient (Wildman–Crippen LogP) is 3.55.